The summed E-state index contributed by atoms with van der Waals surface area (Å²) in [5, 5.41) is 51.4. The summed E-state index contributed by atoms with van der Waals surface area (Å²) in [7, 11) is 0. The molecule has 6 amide bonds. The zero-order valence-electron chi connectivity index (χ0n) is 61.6. The Morgan fingerprint density at radius 2 is 0.767 bits per heavy atom. The second kappa shape index (κ2) is 48.0. The van der Waals surface area contributed by atoms with Crippen molar-refractivity contribution in [1.82, 2.24) is 0 Å². The highest BCUT2D eigenvalue weighted by atomic mass is 79.9. The van der Waals surface area contributed by atoms with Crippen molar-refractivity contribution in [3.05, 3.63) is 212 Å². The number of hydrogen-bond acceptors (Lipinski definition) is 14. The molecule has 0 spiro atoms. The van der Waals surface area contributed by atoms with Gasteiger partial charge in [0.2, 0.25) is 41.6 Å². The van der Waals surface area contributed by atoms with Gasteiger partial charge >= 0.3 is 30.1 Å². The Balaban J connectivity index is 0.000000276. The van der Waals surface area contributed by atoms with Crippen LogP contribution < -0.4 is 50.8 Å². The van der Waals surface area contributed by atoms with E-state index in [9.17, 15) is 65.5 Å². The summed E-state index contributed by atoms with van der Waals surface area (Å²) in [5.74, 6) is -5.06. The largest absolute Gasteiger partial charge is 0.487 e. The maximum absolute atomic E-state index is 13.4. The molecule has 10 N–H and O–H groups in total. The van der Waals surface area contributed by atoms with Crippen LogP contribution in [-0.4, -0.2) is 85.9 Å². The van der Waals surface area contributed by atoms with E-state index in [0.717, 1.165) is 39.9 Å². The highest BCUT2D eigenvalue weighted by Crippen LogP contribution is 2.42. The van der Waals surface area contributed by atoms with Crippen molar-refractivity contribution in [3.8, 4) is 23.0 Å². The van der Waals surface area contributed by atoms with Crippen molar-refractivity contribution in [2.45, 2.75) is 131 Å². The number of rotatable bonds is 32. The number of nitrogens with one attached hydrogen (secondary N) is 6. The summed E-state index contributed by atoms with van der Waals surface area (Å²) in [6, 6.07) is 32.4. The number of carbonyl (C=O) groups excluding carboxylic acids is 6. The summed E-state index contributed by atoms with van der Waals surface area (Å²) in [4.78, 5) is 112. The lowest BCUT2D eigenvalue weighted by Gasteiger charge is -2.15. The van der Waals surface area contributed by atoms with Crippen LogP contribution in [0, 0.1) is 6.92 Å². The van der Waals surface area contributed by atoms with Crippen LogP contribution in [-0.2, 0) is 93.4 Å². The van der Waals surface area contributed by atoms with Crippen molar-refractivity contribution in [2.24, 2.45) is 0 Å². The molecule has 1 unspecified atom stereocenters. The molecule has 8 aromatic carbocycles. The van der Waals surface area contributed by atoms with E-state index in [2.05, 4.69) is 159 Å². The molecule has 0 aliphatic heterocycles. The van der Waals surface area contributed by atoms with Crippen molar-refractivity contribution in [2.75, 3.05) is 31.9 Å². The average molecular weight is 2170 g/mol. The second-order valence-electron chi connectivity index (χ2n) is 24.5. The zero-order chi connectivity index (χ0) is 86.4. The summed E-state index contributed by atoms with van der Waals surface area (Å²) in [6.45, 7) is 9.22. The molecule has 116 heavy (non-hydrogen) atoms. The monoisotopic (exact) mass is 2160 g/mol. The van der Waals surface area contributed by atoms with Crippen molar-refractivity contribution in [1.29, 1.82) is 0 Å². The maximum Gasteiger partial charge on any atom is 0.416 e. The Kier molecular flexibility index (Phi) is 40.7. The molecule has 0 aliphatic rings. The summed E-state index contributed by atoms with van der Waals surface area (Å²) >= 11 is 39.5. The number of anilines is 6. The van der Waals surface area contributed by atoms with E-state index in [1.807, 2.05) is 43.3 Å². The number of alkyl halides is 4. The van der Waals surface area contributed by atoms with Gasteiger partial charge in [-0.3, -0.25) is 43.2 Å². The number of aryl methyl sites for hydroxylation is 2. The maximum atomic E-state index is 13.4. The van der Waals surface area contributed by atoms with Gasteiger partial charge in [0.05, 0.1) is 52.1 Å². The van der Waals surface area contributed by atoms with E-state index >= 15 is 0 Å². The van der Waals surface area contributed by atoms with Crippen LogP contribution in [0.4, 0.5) is 51.7 Å². The number of hydrogen-bond donors (Lipinski definition) is 10. The molecule has 38 heteroatoms. The molecule has 8 rings (SSSR count). The van der Waals surface area contributed by atoms with Crippen LogP contribution in [0.15, 0.2) is 157 Å². The summed E-state index contributed by atoms with van der Waals surface area (Å²) < 4.78 is 80.9. The van der Waals surface area contributed by atoms with E-state index in [1.165, 1.54) is 18.2 Å². The van der Waals surface area contributed by atoms with Crippen LogP contribution in [0.2, 0.25) is 10.0 Å². The van der Waals surface area contributed by atoms with Crippen molar-refractivity contribution in [3.63, 3.8) is 0 Å². The zero-order valence-corrected chi connectivity index (χ0v) is 75.8. The molecule has 8 aromatic rings. The van der Waals surface area contributed by atoms with Gasteiger partial charge < -0.3 is 71.3 Å². The first-order valence-corrected chi connectivity index (χ1v) is 41.3. The lowest BCUT2D eigenvalue weighted by Crippen LogP contribution is -2.17. The molecule has 0 saturated carbocycles. The third-order valence-corrected chi connectivity index (χ3v) is 20.4. The quantitative estimate of drug-likeness (QED) is 0.0138. The Morgan fingerprint density at radius 1 is 0.414 bits per heavy atom. The Bertz CT molecular complexity index is 4860. The number of ether oxygens (including phenoxy) is 4. The first-order chi connectivity index (χ1) is 54.6. The minimum Gasteiger partial charge on any atom is -0.487 e. The fraction of sp³-hybridized carbons (Fsp3) is 0.256. The van der Waals surface area contributed by atoms with Crippen LogP contribution in [0.1, 0.15) is 117 Å². The average Bonchev–Trinajstić information content (AvgIpc) is 0.821. The number of amides is 6. The molecule has 0 aromatic heterocycles. The molecule has 0 saturated heterocycles. The molecule has 0 radical (unpaired) electrons. The van der Waals surface area contributed by atoms with Gasteiger partial charge in [-0.25, -0.2) is 9.18 Å². The molecule has 0 fully saturated rings. The lowest BCUT2D eigenvalue weighted by molar-refractivity contribution is -0.143. The van der Waals surface area contributed by atoms with Crippen molar-refractivity contribution < 1.29 is 105 Å². The van der Waals surface area contributed by atoms with E-state index in [1.54, 1.807) is 82.3 Å². The van der Waals surface area contributed by atoms with Gasteiger partial charge in [-0.05, 0) is 277 Å². The SMILES string of the molecule is CCC(=O)Nc1cc(C)cc(COc2c(Br)cc(CC(F)C(=O)O)cc2Br)c1.CCC(=O)Nc1cc(COc2c(Br)cc(NC(=O)CC(=O)O)cc2Br)cc(C(F)(F)F)c1.CCC(=O)Nc1cc(Cl)cc(COc2c(Br)cc(NC(=O)CC(=O)O)cc2Br)c1.CCC(=O)Nc1cccc(COc2c(Br)cc(CCC(=O)O)cc2Br)c1Cl. The molecule has 0 heterocycles. The lowest BCUT2D eigenvalue weighted by atomic mass is 10.1. The molecule has 0 bridgehead atoms. The summed E-state index contributed by atoms with van der Waals surface area (Å²) in [6.07, 6.45) is -6.43. The standard InChI is InChI=1S/C20H17Br2F3N2O5.C20H20Br2FNO4.C19H17Br2ClN2O5.C19H18Br2ClNO4/c1-2-16(28)26-12-4-10(3-11(5-12)20(23,24)25)9-32-19-14(21)6-13(7-15(19)22)27-17(29)8-18(30)31;1-3-18(25)24-14-5-11(2)4-13(6-14)10-28-19-15(21)7-12(8-16(19)22)9-17(23)20(26)27;1-2-16(25)23-12-4-10(3-11(22)5-12)9-29-19-14(20)6-13(7-15(19)21)24-17(26)8-18(27)28;1-2-16(24)23-15-5-3-4-12(18(15)22)10-27-19-13(20)8-11(9-14(19)21)6-7-17(25)26/h3-7H,2,8-9H2,1H3,(H,26,28)(H,27,29)(H,30,31);4-8,17H,3,9-10H2,1-2H3,(H,24,25)(H,26,27);3-7H,2,8-9H2,1H3,(H,23,25)(H,24,26)(H,27,28);3-5,8-9H,2,6-7,10H2,1H3,(H,23,24)(H,25,26). The molecule has 0 aliphatic carbocycles. The summed E-state index contributed by atoms with van der Waals surface area (Å²) in [5.41, 5.74) is 6.54. The number of aliphatic carboxylic acids is 4. The van der Waals surface area contributed by atoms with Gasteiger partial charge in [-0.15, -0.1) is 0 Å². The first-order valence-electron chi connectivity index (χ1n) is 34.2. The fourth-order valence-corrected chi connectivity index (χ4v) is 16.1. The minimum absolute atomic E-state index is 0.0000952. The van der Waals surface area contributed by atoms with Crippen LogP contribution in [0.3, 0.4) is 0 Å². The Labute approximate surface area is 740 Å². The topological polar surface area (TPSA) is 361 Å². The Morgan fingerprint density at radius 3 is 1.16 bits per heavy atom. The third kappa shape index (κ3) is 34.0. The minimum atomic E-state index is -4.61. The normalized spacial score (nSPS) is 10.9. The second-order valence-corrected chi connectivity index (χ2v) is 32.1. The highest BCUT2D eigenvalue weighted by Gasteiger charge is 2.32. The van der Waals surface area contributed by atoms with Gasteiger partial charge in [0, 0.05) is 77.5 Å². The van der Waals surface area contributed by atoms with Crippen molar-refractivity contribution >= 4 is 244 Å². The van der Waals surface area contributed by atoms with Gasteiger partial charge in [0.1, 0.15) is 62.3 Å². The predicted octanol–water partition coefficient (Wildman–Crippen LogP) is 22.0. The third-order valence-electron chi connectivity index (χ3n) is 15.0. The number of halogens is 14. The van der Waals surface area contributed by atoms with Crippen LogP contribution in [0.25, 0.3) is 0 Å². The number of carboxylic acids is 4. The molecular weight excluding hydrogens is 2100 g/mol. The number of benzene rings is 8. The fourth-order valence-electron chi connectivity index (χ4n) is 9.76. The van der Waals surface area contributed by atoms with Gasteiger partial charge in [-0.1, -0.05) is 69.1 Å². The molecular formula is C78H72Br8Cl2F4N6O18. The molecule has 24 nitrogen and oxygen atoms in total. The van der Waals surface area contributed by atoms with E-state index < -0.39 is 72.4 Å². The molecule has 620 valence electrons. The smallest absolute Gasteiger partial charge is 0.416 e. The Hall–Kier alpha value is -8.20. The van der Waals surface area contributed by atoms with Gasteiger partial charge in [0.15, 0.2) is 0 Å². The van der Waals surface area contributed by atoms with Gasteiger partial charge in [-0.2, -0.15) is 13.2 Å². The highest BCUT2D eigenvalue weighted by molar-refractivity contribution is 9.12. The van der Waals surface area contributed by atoms with Crippen LogP contribution in [0.5, 0.6) is 23.0 Å². The predicted molar refractivity (Wildman–Crippen MR) is 460 cm³/mol. The van der Waals surface area contributed by atoms with Crippen LogP contribution >= 0.6 is 151 Å². The first kappa shape index (κ1) is 98.4. The van der Waals surface area contributed by atoms with E-state index in [0.29, 0.717) is 117 Å². The van der Waals surface area contributed by atoms with E-state index in [4.69, 9.17) is 62.6 Å². The number of carboxylic acid groups (broad SMARTS) is 4. The van der Waals surface area contributed by atoms with E-state index in [-0.39, 0.29) is 86.1 Å². The number of carbonyl (C=O) groups is 10. The molecule has 1 atom stereocenters. The van der Waals surface area contributed by atoms with Gasteiger partial charge in [0.25, 0.3) is 0 Å².